The number of thiophene rings is 1. The minimum absolute atomic E-state index is 0.0734. The third-order valence-corrected chi connectivity index (χ3v) is 8.79. The Morgan fingerprint density at radius 1 is 0.963 bits per heavy atom. The van der Waals surface area contributed by atoms with E-state index in [1.165, 1.54) is 67.8 Å². The van der Waals surface area contributed by atoms with E-state index >= 15 is 0 Å². The smallest absolute Gasteiger partial charge is 0.211 e. The van der Waals surface area contributed by atoms with Gasteiger partial charge >= 0.3 is 0 Å². The molecule has 5 rings (SSSR count). The zero-order valence-corrected chi connectivity index (χ0v) is 34.9. The van der Waals surface area contributed by atoms with E-state index in [2.05, 4.69) is 86.4 Å². The standard InChI is InChI=1S/C21H16FN3O2S.C8H10O.C5H12N2.2C4H10.C2H6/c1-2-13-3-5-16(24-11-13)20-10-17-21(28-20)19(7-8-23-17)27-18-6-4-14(25-12-26)9-15(18)22;1-3-5-8(4-2)6-7-9;1-6-5-3-7(2)4-5;2*1-3-4-2;1-2/h3-12H,2H2,1H3,(H,25,26);3-5,7H,1-2,6H2;5-6H,3-4H2,1-2H3;2*3-4H2,1-2H3;1-2H3/b;8-5+;;;;. The molecule has 8 nitrogen and oxygen atoms in total. The monoisotopic (exact) mass is 761 g/mol. The number of carbonyl (C=O) groups is 2. The minimum Gasteiger partial charge on any atom is -0.453 e. The van der Waals surface area contributed by atoms with E-state index in [1.54, 1.807) is 36.6 Å². The molecule has 0 aliphatic carbocycles. The highest BCUT2D eigenvalue weighted by atomic mass is 32.1. The van der Waals surface area contributed by atoms with Crippen LogP contribution in [0, 0.1) is 5.82 Å². The Labute approximate surface area is 328 Å². The summed E-state index contributed by atoms with van der Waals surface area (Å²) in [5.41, 5.74) is 4.06. The summed E-state index contributed by atoms with van der Waals surface area (Å²) in [4.78, 5) is 32.6. The van der Waals surface area contributed by atoms with Crippen molar-refractivity contribution in [3.63, 3.8) is 0 Å². The molecule has 1 saturated heterocycles. The fourth-order valence-corrected chi connectivity index (χ4v) is 5.15. The summed E-state index contributed by atoms with van der Waals surface area (Å²) in [5, 5.41) is 5.60. The van der Waals surface area contributed by atoms with Crippen LogP contribution in [0.5, 0.6) is 11.5 Å². The van der Waals surface area contributed by atoms with Crippen LogP contribution in [-0.4, -0.2) is 60.8 Å². The average molecular weight is 762 g/mol. The largest absolute Gasteiger partial charge is 0.453 e. The van der Waals surface area contributed by atoms with Crippen molar-refractivity contribution in [3.05, 3.63) is 103 Å². The topological polar surface area (TPSA) is 96.4 Å². The number of benzene rings is 1. The number of amides is 1. The third kappa shape index (κ3) is 19.0. The molecular formula is C44H64FN5O3S. The van der Waals surface area contributed by atoms with E-state index in [0.29, 0.717) is 24.3 Å². The molecule has 3 aromatic heterocycles. The molecule has 2 N–H and O–H groups in total. The normalized spacial score (nSPS) is 11.8. The second-order valence-corrected chi connectivity index (χ2v) is 12.9. The molecule has 4 heterocycles. The fraction of sp³-hybridized carbons (Fsp3) is 0.409. The van der Waals surface area contributed by atoms with Gasteiger partial charge in [0.05, 0.1) is 20.8 Å². The van der Waals surface area contributed by atoms with Gasteiger partial charge in [-0.3, -0.25) is 14.8 Å². The van der Waals surface area contributed by atoms with Gasteiger partial charge in [-0.25, -0.2) is 4.39 Å². The summed E-state index contributed by atoms with van der Waals surface area (Å²) in [6.45, 7) is 24.3. The Hall–Kier alpha value is -4.51. The molecule has 0 bridgehead atoms. The quantitative estimate of drug-likeness (QED) is 0.103. The van der Waals surface area contributed by atoms with Gasteiger partial charge in [0.1, 0.15) is 12.0 Å². The number of aromatic nitrogens is 2. The van der Waals surface area contributed by atoms with Crippen LogP contribution in [0.3, 0.4) is 0 Å². The van der Waals surface area contributed by atoms with Gasteiger partial charge in [-0.1, -0.05) is 112 Å². The number of aryl methyl sites for hydroxylation is 1. The van der Waals surface area contributed by atoms with Crippen molar-refractivity contribution < 1.29 is 18.7 Å². The fourth-order valence-electron chi connectivity index (χ4n) is 4.11. The summed E-state index contributed by atoms with van der Waals surface area (Å²) in [6, 6.07) is 12.7. The molecule has 1 aliphatic rings. The van der Waals surface area contributed by atoms with Crippen LogP contribution in [0.25, 0.3) is 20.8 Å². The lowest BCUT2D eigenvalue weighted by Gasteiger charge is -2.35. The van der Waals surface area contributed by atoms with E-state index in [0.717, 1.165) is 45.1 Å². The van der Waals surface area contributed by atoms with Crippen LogP contribution in [0.2, 0.25) is 0 Å². The molecule has 1 amide bonds. The van der Waals surface area contributed by atoms with Crippen LogP contribution in [0.15, 0.2) is 91.8 Å². The van der Waals surface area contributed by atoms with Crippen molar-refractivity contribution in [2.24, 2.45) is 0 Å². The highest BCUT2D eigenvalue weighted by Crippen LogP contribution is 2.39. The van der Waals surface area contributed by atoms with Gasteiger partial charge in [0, 0.05) is 55.8 Å². The Morgan fingerprint density at radius 3 is 2.07 bits per heavy atom. The van der Waals surface area contributed by atoms with Crippen LogP contribution < -0.4 is 15.4 Å². The molecule has 54 heavy (non-hydrogen) atoms. The number of aldehydes is 1. The zero-order valence-electron chi connectivity index (χ0n) is 34.1. The van der Waals surface area contributed by atoms with Gasteiger partial charge in [0.2, 0.25) is 6.41 Å². The number of ether oxygens (including phenoxy) is 1. The molecule has 296 valence electrons. The van der Waals surface area contributed by atoms with Crippen LogP contribution in [-0.2, 0) is 16.0 Å². The van der Waals surface area contributed by atoms with Crippen LogP contribution in [0.4, 0.5) is 10.1 Å². The zero-order chi connectivity index (χ0) is 40.7. The lowest BCUT2D eigenvalue weighted by atomic mass is 10.1. The first-order chi connectivity index (χ1) is 26.2. The predicted octanol–water partition coefficient (Wildman–Crippen LogP) is 11.5. The number of nitrogens with one attached hydrogen (secondary N) is 2. The van der Waals surface area contributed by atoms with Gasteiger partial charge in [-0.05, 0) is 55.9 Å². The molecule has 1 aliphatic heterocycles. The highest BCUT2D eigenvalue weighted by molar-refractivity contribution is 7.22. The number of anilines is 1. The number of nitrogens with zero attached hydrogens (tertiary/aromatic N) is 3. The molecule has 1 fully saturated rings. The molecule has 0 atom stereocenters. The number of pyridine rings is 2. The summed E-state index contributed by atoms with van der Waals surface area (Å²) in [6.07, 6.45) is 16.5. The number of fused-ring (bicyclic) bond motifs is 1. The predicted molar refractivity (Wildman–Crippen MR) is 230 cm³/mol. The maximum Gasteiger partial charge on any atom is 0.211 e. The second kappa shape index (κ2) is 30.9. The lowest BCUT2D eigenvalue weighted by molar-refractivity contribution is -0.107. The number of unbranched alkanes of at least 4 members (excludes halogenated alkanes) is 2. The second-order valence-electron chi connectivity index (χ2n) is 11.8. The van der Waals surface area contributed by atoms with Gasteiger partial charge in [-0.15, -0.1) is 11.3 Å². The summed E-state index contributed by atoms with van der Waals surface area (Å²) in [5.74, 6) is 0.0242. The van der Waals surface area contributed by atoms with Crippen LogP contribution >= 0.6 is 11.3 Å². The molecule has 0 saturated carbocycles. The van der Waals surface area contributed by atoms with E-state index in [1.807, 2.05) is 39.2 Å². The molecular weight excluding hydrogens is 698 g/mol. The van der Waals surface area contributed by atoms with E-state index in [4.69, 9.17) is 4.74 Å². The Morgan fingerprint density at radius 2 is 1.63 bits per heavy atom. The number of carbonyl (C=O) groups excluding carboxylic acids is 2. The molecule has 4 aromatic rings. The van der Waals surface area contributed by atoms with Crippen molar-refractivity contribution in [1.82, 2.24) is 20.2 Å². The van der Waals surface area contributed by atoms with Crippen molar-refractivity contribution in [1.29, 1.82) is 0 Å². The highest BCUT2D eigenvalue weighted by Gasteiger charge is 2.20. The van der Waals surface area contributed by atoms with Crippen molar-refractivity contribution in [2.75, 3.05) is 32.5 Å². The Balaban J connectivity index is 0.000000879. The summed E-state index contributed by atoms with van der Waals surface area (Å²) >= 11 is 1.50. The summed E-state index contributed by atoms with van der Waals surface area (Å²) < 4.78 is 20.9. The number of hydrogen-bond donors (Lipinski definition) is 2. The van der Waals surface area contributed by atoms with E-state index < -0.39 is 5.82 Å². The first-order valence-electron chi connectivity index (χ1n) is 18.9. The van der Waals surface area contributed by atoms with Crippen molar-refractivity contribution in [2.45, 2.75) is 93.0 Å². The van der Waals surface area contributed by atoms with E-state index in [-0.39, 0.29) is 5.75 Å². The summed E-state index contributed by atoms with van der Waals surface area (Å²) in [7, 11) is 4.14. The molecule has 10 heteroatoms. The van der Waals surface area contributed by atoms with Gasteiger partial charge < -0.3 is 25.1 Å². The van der Waals surface area contributed by atoms with Gasteiger partial charge in [0.15, 0.2) is 11.6 Å². The number of allylic oxidation sites excluding steroid dienone is 4. The third-order valence-electron chi connectivity index (χ3n) is 7.62. The minimum atomic E-state index is -0.564. The van der Waals surface area contributed by atoms with Gasteiger partial charge in [0.25, 0.3) is 0 Å². The molecule has 0 unspecified atom stereocenters. The first-order valence-corrected chi connectivity index (χ1v) is 19.7. The van der Waals surface area contributed by atoms with Crippen molar-refractivity contribution >= 4 is 39.9 Å². The maximum atomic E-state index is 14.3. The Bertz CT molecular complexity index is 1640. The first kappa shape index (κ1) is 49.5. The number of rotatable bonds is 13. The molecule has 1 aromatic carbocycles. The van der Waals surface area contributed by atoms with Crippen LogP contribution in [0.1, 0.15) is 86.1 Å². The maximum absolute atomic E-state index is 14.3. The number of likely N-dealkylation sites (tertiary alicyclic amines) is 1. The average Bonchev–Trinajstić information content (AvgIpc) is 3.65. The Kier molecular flexibility index (Phi) is 28.3. The lowest BCUT2D eigenvalue weighted by Crippen LogP contribution is -2.54. The molecule has 0 spiro atoms. The number of likely N-dealkylation sites (N-methyl/N-ethyl adjacent to an activating group) is 2. The van der Waals surface area contributed by atoms with Gasteiger partial charge in [-0.2, -0.15) is 0 Å². The van der Waals surface area contributed by atoms with Crippen molar-refractivity contribution in [3.8, 4) is 22.1 Å². The SMILES string of the molecule is C=C/C=C(\C=C)CC=O.CC.CCCC.CCCC.CCc1ccc(-c2cc3nccc(Oc4ccc(NC=O)cc4F)c3s2)nc1.CNC1CN(C)C1. The number of hydrogen-bond acceptors (Lipinski definition) is 8. The number of halogens is 1. The van der Waals surface area contributed by atoms with E-state index in [9.17, 15) is 14.0 Å². The molecule has 0 radical (unpaired) electrons.